The summed E-state index contributed by atoms with van der Waals surface area (Å²) in [6.45, 7) is 10.1. The summed E-state index contributed by atoms with van der Waals surface area (Å²) in [5.41, 5.74) is 3.76. The van der Waals surface area contributed by atoms with Gasteiger partial charge in [-0.3, -0.25) is 4.79 Å². The molecule has 0 aliphatic carbocycles. The van der Waals surface area contributed by atoms with Gasteiger partial charge in [0.05, 0.1) is 18.7 Å². The van der Waals surface area contributed by atoms with Gasteiger partial charge >= 0.3 is 5.76 Å². The molecule has 170 valence electrons. The second-order valence-corrected chi connectivity index (χ2v) is 15.1. The summed E-state index contributed by atoms with van der Waals surface area (Å²) in [5, 5.41) is 0. The van der Waals surface area contributed by atoms with Crippen LogP contribution < -0.4 is 10.5 Å². The van der Waals surface area contributed by atoms with Gasteiger partial charge in [-0.05, 0) is 54.4 Å². The number of aromatic nitrogens is 1. The Kier molecular flexibility index (Phi) is 6.00. The van der Waals surface area contributed by atoms with Crippen molar-refractivity contribution in [1.82, 2.24) is 9.47 Å². The summed E-state index contributed by atoms with van der Waals surface area (Å²) in [6.07, 6.45) is 0. The van der Waals surface area contributed by atoms with Crippen molar-refractivity contribution in [1.29, 1.82) is 0 Å². The lowest BCUT2D eigenvalue weighted by atomic mass is 10.1. The van der Waals surface area contributed by atoms with Gasteiger partial charge in [0.2, 0.25) is 0 Å². The normalized spacial score (nSPS) is 16.1. The van der Waals surface area contributed by atoms with Crippen LogP contribution >= 0.6 is 0 Å². The highest BCUT2D eigenvalue weighted by molar-refractivity contribution is 6.76. The molecule has 1 atom stereocenters. The number of carbonyl (C=O) groups excluding carboxylic acids is 1. The second kappa shape index (κ2) is 8.59. The first-order valence-electron chi connectivity index (χ1n) is 10.9. The van der Waals surface area contributed by atoms with Gasteiger partial charge < -0.3 is 18.8 Å². The van der Waals surface area contributed by atoms with E-state index in [4.69, 9.17) is 13.9 Å². The van der Waals surface area contributed by atoms with Crippen LogP contribution in [0, 0.1) is 0 Å². The van der Waals surface area contributed by atoms with Crippen molar-refractivity contribution in [2.24, 2.45) is 0 Å². The van der Waals surface area contributed by atoms with E-state index in [0.717, 1.165) is 22.9 Å². The van der Waals surface area contributed by atoms with Crippen LogP contribution in [0.1, 0.15) is 34.5 Å². The number of rotatable bonds is 8. The molecule has 1 aliphatic rings. The highest BCUT2D eigenvalue weighted by Crippen LogP contribution is 2.36. The summed E-state index contributed by atoms with van der Waals surface area (Å²) in [4.78, 5) is 27.1. The van der Waals surface area contributed by atoms with Crippen molar-refractivity contribution in [3.8, 4) is 5.75 Å². The number of hydrogen-bond donors (Lipinski definition) is 0. The lowest BCUT2D eigenvalue weighted by Gasteiger charge is -2.22. The smallest absolute Gasteiger partial charge is 0.421 e. The number of methoxy groups -OCH3 is 1. The molecular formula is C24H30N2O5Si. The Bertz CT molecular complexity index is 1210. The van der Waals surface area contributed by atoms with E-state index in [1.807, 2.05) is 48.2 Å². The van der Waals surface area contributed by atoms with Gasteiger partial charge in [-0.1, -0.05) is 25.7 Å². The maximum atomic E-state index is 12.9. The van der Waals surface area contributed by atoms with Gasteiger partial charge in [-0.15, -0.1) is 0 Å². The molecule has 0 spiro atoms. The quantitative estimate of drug-likeness (QED) is 0.366. The fraction of sp³-hybridized carbons (Fsp3) is 0.417. The Balaban J connectivity index is 1.50. The van der Waals surface area contributed by atoms with Crippen LogP contribution in [0.2, 0.25) is 25.7 Å². The second-order valence-electron chi connectivity index (χ2n) is 9.51. The summed E-state index contributed by atoms with van der Waals surface area (Å²) < 4.78 is 18.0. The number of amides is 1. The van der Waals surface area contributed by atoms with Gasteiger partial charge in [-0.2, -0.15) is 0 Å². The molecule has 3 aromatic rings. The van der Waals surface area contributed by atoms with E-state index in [9.17, 15) is 9.59 Å². The van der Waals surface area contributed by atoms with Gasteiger partial charge in [0.25, 0.3) is 5.91 Å². The molecule has 2 heterocycles. The molecule has 7 nitrogen and oxygen atoms in total. The molecule has 0 radical (unpaired) electrons. The number of ether oxygens (including phenoxy) is 2. The number of benzene rings is 2. The van der Waals surface area contributed by atoms with Crippen molar-refractivity contribution in [3.63, 3.8) is 0 Å². The third kappa shape index (κ3) is 4.38. The molecule has 0 bridgehead atoms. The van der Waals surface area contributed by atoms with Crippen LogP contribution in [-0.4, -0.2) is 37.2 Å². The number of nitrogens with zero attached hydrogens (tertiary/aromatic N) is 2. The summed E-state index contributed by atoms with van der Waals surface area (Å²) in [5.74, 6) is 0.294. The Labute approximate surface area is 188 Å². The van der Waals surface area contributed by atoms with Gasteiger partial charge in [0.15, 0.2) is 5.58 Å². The van der Waals surface area contributed by atoms with Crippen LogP contribution in [0.3, 0.4) is 0 Å². The standard InChI is InChI=1S/C24H30N2O5Si/c1-16-20-13-18(29-2)7-8-19(20)23(27)25(16)14-17-6-9-21-22(12-17)31-24(28)26(21)15-30-10-11-32(3,4)5/h6-9,12-13,16H,10-11,14-15H2,1-5H3/t16-/m0/s1. The van der Waals surface area contributed by atoms with Crippen molar-refractivity contribution >= 4 is 25.1 Å². The van der Waals surface area contributed by atoms with Crippen LogP contribution in [0.4, 0.5) is 0 Å². The molecule has 0 fully saturated rings. The summed E-state index contributed by atoms with van der Waals surface area (Å²) in [6, 6.07) is 12.1. The largest absolute Gasteiger partial charge is 0.497 e. The highest BCUT2D eigenvalue weighted by Gasteiger charge is 2.34. The number of carbonyl (C=O) groups is 1. The zero-order valence-electron chi connectivity index (χ0n) is 19.3. The molecule has 1 aliphatic heterocycles. The van der Waals surface area contributed by atoms with E-state index in [0.29, 0.717) is 29.8 Å². The zero-order chi connectivity index (χ0) is 23.0. The average Bonchev–Trinajstić information content (AvgIpc) is 3.18. The third-order valence-corrected chi connectivity index (χ3v) is 7.67. The Hall–Kier alpha value is -2.84. The number of fused-ring (bicyclic) bond motifs is 2. The fourth-order valence-electron chi connectivity index (χ4n) is 3.98. The van der Waals surface area contributed by atoms with Gasteiger partial charge in [0, 0.05) is 26.8 Å². The molecule has 0 saturated carbocycles. The maximum absolute atomic E-state index is 12.9. The molecule has 0 unspecified atom stereocenters. The minimum Gasteiger partial charge on any atom is -0.497 e. The van der Waals surface area contributed by atoms with Crippen LogP contribution in [0.15, 0.2) is 45.6 Å². The van der Waals surface area contributed by atoms with Crippen molar-refractivity contribution in [3.05, 3.63) is 63.6 Å². The minimum atomic E-state index is -1.19. The highest BCUT2D eigenvalue weighted by atomic mass is 28.3. The molecule has 8 heteroatoms. The Morgan fingerprint density at radius 2 is 1.88 bits per heavy atom. The van der Waals surface area contributed by atoms with E-state index >= 15 is 0 Å². The van der Waals surface area contributed by atoms with E-state index in [2.05, 4.69) is 19.6 Å². The molecule has 0 saturated heterocycles. The predicted octanol–water partition coefficient (Wildman–Crippen LogP) is 4.63. The average molecular weight is 455 g/mol. The van der Waals surface area contributed by atoms with Crippen molar-refractivity contribution in [2.75, 3.05) is 13.7 Å². The molecule has 0 N–H and O–H groups in total. The van der Waals surface area contributed by atoms with Gasteiger partial charge in [0.1, 0.15) is 12.5 Å². The lowest BCUT2D eigenvalue weighted by molar-refractivity contribution is 0.0723. The number of oxazole rings is 1. The van der Waals surface area contributed by atoms with E-state index in [1.54, 1.807) is 7.11 Å². The first-order chi connectivity index (χ1) is 15.2. The topological polar surface area (TPSA) is 73.9 Å². The third-order valence-electron chi connectivity index (χ3n) is 5.97. The predicted molar refractivity (Wildman–Crippen MR) is 126 cm³/mol. The Morgan fingerprint density at radius 3 is 2.59 bits per heavy atom. The summed E-state index contributed by atoms with van der Waals surface area (Å²) in [7, 11) is 0.431. The van der Waals surface area contributed by atoms with Crippen LogP contribution in [0.25, 0.3) is 11.1 Å². The fourth-order valence-corrected chi connectivity index (χ4v) is 4.73. The van der Waals surface area contributed by atoms with Crippen molar-refractivity contribution in [2.45, 2.75) is 51.9 Å². The lowest BCUT2D eigenvalue weighted by Crippen LogP contribution is -2.26. The first kappa shape index (κ1) is 22.4. The molecule has 32 heavy (non-hydrogen) atoms. The minimum absolute atomic E-state index is 0.00919. The zero-order valence-corrected chi connectivity index (χ0v) is 20.3. The SMILES string of the molecule is COc1ccc2c(c1)[C@H](C)N(Cc1ccc3c(c1)oc(=O)n3COCC[Si](C)(C)C)C2=O. The monoisotopic (exact) mass is 454 g/mol. The molecule has 2 aromatic carbocycles. The van der Waals surface area contributed by atoms with E-state index in [1.165, 1.54) is 4.57 Å². The summed E-state index contributed by atoms with van der Waals surface area (Å²) >= 11 is 0. The van der Waals surface area contributed by atoms with Crippen LogP contribution in [0.5, 0.6) is 5.75 Å². The Morgan fingerprint density at radius 1 is 1.09 bits per heavy atom. The maximum Gasteiger partial charge on any atom is 0.421 e. The number of hydrogen-bond acceptors (Lipinski definition) is 5. The van der Waals surface area contributed by atoms with E-state index in [-0.39, 0.29) is 18.7 Å². The van der Waals surface area contributed by atoms with Crippen molar-refractivity contribution < 1.29 is 18.7 Å². The molecule has 1 aromatic heterocycles. The van der Waals surface area contributed by atoms with Crippen LogP contribution in [-0.2, 0) is 18.0 Å². The first-order valence-corrected chi connectivity index (χ1v) is 14.6. The molecule has 4 rings (SSSR count). The molecule has 1 amide bonds. The van der Waals surface area contributed by atoms with E-state index < -0.39 is 13.8 Å². The van der Waals surface area contributed by atoms with Gasteiger partial charge in [-0.25, -0.2) is 9.36 Å². The molecular weight excluding hydrogens is 424 g/mol.